The van der Waals surface area contributed by atoms with E-state index >= 15 is 0 Å². The first-order chi connectivity index (χ1) is 8.33. The van der Waals surface area contributed by atoms with Crippen molar-refractivity contribution >= 4 is 24.8 Å². The molecule has 0 saturated carbocycles. The summed E-state index contributed by atoms with van der Waals surface area (Å²) in [6, 6.07) is 12.0. The Morgan fingerprint density at radius 1 is 1.11 bits per heavy atom. The van der Waals surface area contributed by atoms with E-state index < -0.39 is 0 Å². The van der Waals surface area contributed by atoms with Crippen LogP contribution in [0, 0.1) is 5.92 Å². The van der Waals surface area contributed by atoms with Crippen molar-refractivity contribution in [1.29, 1.82) is 0 Å². The Hall–Kier alpha value is -0.280. The first-order valence-corrected chi connectivity index (χ1v) is 6.86. The van der Waals surface area contributed by atoms with E-state index in [1.165, 1.54) is 38.0 Å². The molecule has 0 amide bonds. The molecule has 2 nitrogen and oxygen atoms in total. The van der Waals surface area contributed by atoms with E-state index in [0.29, 0.717) is 12.1 Å². The van der Waals surface area contributed by atoms with Crippen LogP contribution in [0.5, 0.6) is 0 Å². The Bertz CT molecular complexity index is 364. The van der Waals surface area contributed by atoms with Crippen LogP contribution in [-0.2, 0) is 0 Å². The van der Waals surface area contributed by atoms with Crippen molar-refractivity contribution < 1.29 is 0 Å². The summed E-state index contributed by atoms with van der Waals surface area (Å²) in [6.45, 7) is 6.18. The van der Waals surface area contributed by atoms with Gasteiger partial charge in [0.25, 0.3) is 0 Å². The van der Waals surface area contributed by atoms with Crippen molar-refractivity contribution in [3.05, 3.63) is 35.9 Å². The highest BCUT2D eigenvalue weighted by molar-refractivity contribution is 5.85. The van der Waals surface area contributed by atoms with E-state index in [4.69, 9.17) is 0 Å². The van der Waals surface area contributed by atoms with Crippen molar-refractivity contribution in [1.82, 2.24) is 10.2 Å². The second-order valence-electron chi connectivity index (χ2n) is 5.54. The van der Waals surface area contributed by atoms with Crippen LogP contribution < -0.4 is 5.32 Å². The first-order valence-electron chi connectivity index (χ1n) is 6.86. The molecule has 0 spiro atoms. The Morgan fingerprint density at radius 3 is 2.26 bits per heavy atom. The average Bonchev–Trinajstić information content (AvgIpc) is 2.41. The Kier molecular flexibility index (Phi) is 6.61. The minimum atomic E-state index is 0. The van der Waals surface area contributed by atoms with Crippen LogP contribution in [0.25, 0.3) is 0 Å². The van der Waals surface area contributed by atoms with Crippen LogP contribution in [0.4, 0.5) is 0 Å². The largest absolute Gasteiger partial charge is 0.306 e. The van der Waals surface area contributed by atoms with E-state index in [-0.39, 0.29) is 24.8 Å². The zero-order valence-corrected chi connectivity index (χ0v) is 13.1. The molecule has 0 radical (unpaired) electrons. The van der Waals surface area contributed by atoms with Crippen molar-refractivity contribution in [2.24, 2.45) is 5.92 Å². The van der Waals surface area contributed by atoms with Crippen LogP contribution in [-0.4, -0.2) is 30.6 Å². The van der Waals surface area contributed by atoms with E-state index in [9.17, 15) is 0 Å². The van der Waals surface area contributed by atoms with Gasteiger partial charge in [-0.05, 0) is 44.3 Å². The molecule has 1 N–H and O–H groups in total. The zero-order valence-electron chi connectivity index (χ0n) is 11.4. The number of fused-ring (bicyclic) bond motifs is 3. The minimum Gasteiger partial charge on any atom is -0.306 e. The Balaban J connectivity index is 0.000000902. The lowest BCUT2D eigenvalue weighted by atomic mass is 9.83. The summed E-state index contributed by atoms with van der Waals surface area (Å²) in [4.78, 5) is 2.61. The highest BCUT2D eigenvalue weighted by Crippen LogP contribution is 2.29. The Labute approximate surface area is 128 Å². The number of nitrogens with one attached hydrogen (secondary N) is 1. The maximum atomic E-state index is 3.82. The summed E-state index contributed by atoms with van der Waals surface area (Å²) in [5.41, 5.74) is 1.41. The second kappa shape index (κ2) is 7.49. The van der Waals surface area contributed by atoms with Gasteiger partial charge in [0.2, 0.25) is 0 Å². The average molecular weight is 303 g/mol. The fourth-order valence-corrected chi connectivity index (χ4v) is 3.31. The lowest BCUT2D eigenvalue weighted by molar-refractivity contribution is 0.0680. The highest BCUT2D eigenvalue weighted by atomic mass is 35.5. The molecule has 1 aromatic rings. The molecule has 0 aromatic heterocycles. The lowest BCUT2D eigenvalue weighted by Gasteiger charge is -2.46. The predicted octanol–water partition coefficient (Wildman–Crippen LogP) is 3.28. The Morgan fingerprint density at radius 2 is 1.74 bits per heavy atom. The molecule has 3 heterocycles. The fourth-order valence-electron chi connectivity index (χ4n) is 3.31. The first kappa shape index (κ1) is 16.8. The third-order valence-corrected chi connectivity index (χ3v) is 4.42. The van der Waals surface area contributed by atoms with E-state index in [1.54, 1.807) is 0 Å². The topological polar surface area (TPSA) is 15.3 Å². The second-order valence-corrected chi connectivity index (χ2v) is 5.54. The number of hydrogen-bond donors (Lipinski definition) is 1. The normalized spacial score (nSPS) is 30.1. The van der Waals surface area contributed by atoms with Crippen molar-refractivity contribution in [3.8, 4) is 0 Å². The maximum Gasteiger partial charge on any atom is 0.0294 e. The van der Waals surface area contributed by atoms with Crippen LogP contribution in [0.1, 0.15) is 31.4 Å². The number of halogens is 2. The van der Waals surface area contributed by atoms with Crippen LogP contribution in [0.15, 0.2) is 30.3 Å². The SMILES string of the molecule is CC(N[C@@H]1CN2CCC1CC2)c1ccccc1.Cl.Cl. The molecule has 3 aliphatic rings. The smallest absolute Gasteiger partial charge is 0.0294 e. The molecule has 1 aromatic carbocycles. The van der Waals surface area contributed by atoms with Gasteiger partial charge in [-0.2, -0.15) is 0 Å². The molecule has 0 aliphatic carbocycles. The van der Waals surface area contributed by atoms with Gasteiger partial charge in [0.1, 0.15) is 0 Å². The predicted molar refractivity (Wildman–Crippen MR) is 85.4 cm³/mol. The van der Waals surface area contributed by atoms with Gasteiger partial charge >= 0.3 is 0 Å². The van der Waals surface area contributed by atoms with Crippen molar-refractivity contribution in [2.45, 2.75) is 31.8 Å². The molecule has 3 saturated heterocycles. The summed E-state index contributed by atoms with van der Waals surface area (Å²) in [6.07, 6.45) is 2.78. The molecular formula is C15H24Cl2N2. The molecule has 2 atom stereocenters. The summed E-state index contributed by atoms with van der Waals surface area (Å²) < 4.78 is 0. The summed E-state index contributed by atoms with van der Waals surface area (Å²) in [5.74, 6) is 0.908. The molecule has 3 fully saturated rings. The van der Waals surface area contributed by atoms with Gasteiger partial charge in [-0.25, -0.2) is 0 Å². The quantitative estimate of drug-likeness (QED) is 0.922. The maximum absolute atomic E-state index is 3.82. The van der Waals surface area contributed by atoms with Crippen LogP contribution in [0.3, 0.4) is 0 Å². The monoisotopic (exact) mass is 302 g/mol. The third kappa shape index (κ3) is 3.85. The molecule has 19 heavy (non-hydrogen) atoms. The molecule has 3 aliphatic heterocycles. The lowest BCUT2D eigenvalue weighted by Crippen LogP contribution is -2.56. The molecular weight excluding hydrogens is 279 g/mol. The fraction of sp³-hybridized carbons (Fsp3) is 0.600. The van der Waals surface area contributed by atoms with Gasteiger partial charge < -0.3 is 10.2 Å². The van der Waals surface area contributed by atoms with Gasteiger partial charge in [-0.15, -0.1) is 24.8 Å². The summed E-state index contributed by atoms with van der Waals surface area (Å²) >= 11 is 0. The van der Waals surface area contributed by atoms with E-state index in [0.717, 1.165) is 5.92 Å². The van der Waals surface area contributed by atoms with Crippen molar-refractivity contribution in [2.75, 3.05) is 19.6 Å². The van der Waals surface area contributed by atoms with E-state index in [2.05, 4.69) is 47.5 Å². The molecule has 108 valence electrons. The number of rotatable bonds is 3. The van der Waals surface area contributed by atoms with Crippen LogP contribution >= 0.6 is 24.8 Å². The number of hydrogen-bond acceptors (Lipinski definition) is 2. The van der Waals surface area contributed by atoms with Gasteiger partial charge in [-0.1, -0.05) is 30.3 Å². The minimum absolute atomic E-state index is 0. The van der Waals surface area contributed by atoms with Gasteiger partial charge in [0, 0.05) is 18.6 Å². The molecule has 2 bridgehead atoms. The van der Waals surface area contributed by atoms with Gasteiger partial charge in [0.05, 0.1) is 0 Å². The summed E-state index contributed by atoms with van der Waals surface area (Å²) in [7, 11) is 0. The third-order valence-electron chi connectivity index (χ3n) is 4.42. The molecule has 4 heteroatoms. The summed E-state index contributed by atoms with van der Waals surface area (Å²) in [5, 5.41) is 3.82. The standard InChI is InChI=1S/C15H22N2.2ClH/c1-12(13-5-3-2-4-6-13)16-15-11-17-9-7-14(15)8-10-17;;/h2-6,12,14-16H,7-11H2,1H3;2*1H/t12?,15-;;/m1../s1. The van der Waals surface area contributed by atoms with Crippen molar-refractivity contribution in [3.63, 3.8) is 0 Å². The zero-order chi connectivity index (χ0) is 11.7. The molecule has 1 unspecified atom stereocenters. The van der Waals surface area contributed by atoms with Crippen LogP contribution in [0.2, 0.25) is 0 Å². The molecule has 4 rings (SSSR count). The van der Waals surface area contributed by atoms with Gasteiger partial charge in [0.15, 0.2) is 0 Å². The van der Waals surface area contributed by atoms with E-state index in [1.807, 2.05) is 0 Å². The number of benzene rings is 1. The van der Waals surface area contributed by atoms with Gasteiger partial charge in [-0.3, -0.25) is 0 Å². The number of piperidine rings is 3. The number of nitrogens with zero attached hydrogens (tertiary/aromatic N) is 1. The highest BCUT2D eigenvalue weighted by Gasteiger charge is 2.34.